The molecule has 19 heavy (non-hydrogen) atoms. The highest BCUT2D eigenvalue weighted by Crippen LogP contribution is 2.24. The molecule has 0 aliphatic heterocycles. The highest BCUT2D eigenvalue weighted by Gasteiger charge is 2.13. The first-order valence-electron chi connectivity index (χ1n) is 5.60. The van der Waals surface area contributed by atoms with Gasteiger partial charge in [-0.15, -0.1) is 0 Å². The van der Waals surface area contributed by atoms with Crippen LogP contribution in [0.5, 0.6) is 0 Å². The Morgan fingerprint density at radius 2 is 1.95 bits per heavy atom. The summed E-state index contributed by atoms with van der Waals surface area (Å²) in [6.07, 6.45) is 0. The van der Waals surface area contributed by atoms with E-state index >= 15 is 0 Å². The van der Waals surface area contributed by atoms with Crippen molar-refractivity contribution in [2.24, 2.45) is 0 Å². The normalized spacial score (nSPS) is 10.3. The van der Waals surface area contributed by atoms with Crippen molar-refractivity contribution < 1.29 is 4.79 Å². The first-order chi connectivity index (χ1) is 8.97. The fourth-order valence-electron chi connectivity index (χ4n) is 1.69. The summed E-state index contributed by atoms with van der Waals surface area (Å²) in [4.78, 5) is 12.3. The zero-order valence-electron chi connectivity index (χ0n) is 10.2. The lowest BCUT2D eigenvalue weighted by atomic mass is 10.1. The van der Waals surface area contributed by atoms with Gasteiger partial charge in [0.25, 0.3) is 5.91 Å². The number of carbonyl (C=O) groups excluding carboxylic acids is 1. The number of carbonyl (C=O) groups is 1. The summed E-state index contributed by atoms with van der Waals surface area (Å²) in [5.74, 6) is -0.181. The summed E-state index contributed by atoms with van der Waals surface area (Å²) >= 11 is 4.31. The monoisotopic (exact) mass is 478 g/mol. The van der Waals surface area contributed by atoms with Gasteiger partial charge in [0.15, 0.2) is 0 Å². The standard InChI is InChI=1S/C14H12I2N2O/c1-8-3-2-4-10(5-8)18-14(19)11-6-9(15)7-12(16)13(11)17/h2-7H,17H2,1H3,(H,18,19). The quantitative estimate of drug-likeness (QED) is 0.506. The van der Waals surface area contributed by atoms with Crippen molar-refractivity contribution in [1.29, 1.82) is 0 Å². The SMILES string of the molecule is Cc1cccc(NC(=O)c2cc(I)cc(I)c2N)c1. The number of hydrogen-bond acceptors (Lipinski definition) is 2. The molecule has 0 bridgehead atoms. The van der Waals surface area contributed by atoms with Crippen LogP contribution in [-0.4, -0.2) is 5.91 Å². The van der Waals surface area contributed by atoms with E-state index in [0.29, 0.717) is 11.3 Å². The van der Waals surface area contributed by atoms with Crippen LogP contribution in [0.1, 0.15) is 15.9 Å². The van der Waals surface area contributed by atoms with Crippen LogP contribution in [0.25, 0.3) is 0 Å². The molecule has 0 saturated carbocycles. The average Bonchev–Trinajstić information content (AvgIpc) is 2.33. The Kier molecular flexibility index (Phi) is 4.67. The van der Waals surface area contributed by atoms with E-state index in [-0.39, 0.29) is 5.91 Å². The van der Waals surface area contributed by atoms with Crippen molar-refractivity contribution in [3.8, 4) is 0 Å². The molecule has 3 nitrogen and oxygen atoms in total. The molecule has 98 valence electrons. The maximum Gasteiger partial charge on any atom is 0.257 e. The van der Waals surface area contributed by atoms with Gasteiger partial charge in [-0.2, -0.15) is 0 Å². The molecule has 0 spiro atoms. The smallest absolute Gasteiger partial charge is 0.257 e. The van der Waals surface area contributed by atoms with Gasteiger partial charge in [-0.05, 0) is 81.9 Å². The lowest BCUT2D eigenvalue weighted by molar-refractivity contribution is 0.102. The van der Waals surface area contributed by atoms with Gasteiger partial charge in [-0.3, -0.25) is 4.79 Å². The largest absolute Gasteiger partial charge is 0.397 e. The van der Waals surface area contributed by atoms with Gasteiger partial charge in [0.1, 0.15) is 0 Å². The van der Waals surface area contributed by atoms with Crippen LogP contribution in [0.3, 0.4) is 0 Å². The predicted octanol–water partition coefficient (Wildman–Crippen LogP) is 4.04. The van der Waals surface area contributed by atoms with Crippen molar-refractivity contribution in [2.45, 2.75) is 6.92 Å². The second-order valence-electron chi connectivity index (χ2n) is 4.17. The van der Waals surface area contributed by atoms with Crippen LogP contribution in [0.15, 0.2) is 36.4 Å². The van der Waals surface area contributed by atoms with Gasteiger partial charge in [0.2, 0.25) is 0 Å². The van der Waals surface area contributed by atoms with Gasteiger partial charge in [-0.25, -0.2) is 0 Å². The highest BCUT2D eigenvalue weighted by molar-refractivity contribution is 14.1. The van der Waals surface area contributed by atoms with Crippen LogP contribution in [0, 0.1) is 14.1 Å². The summed E-state index contributed by atoms with van der Waals surface area (Å²) < 4.78 is 1.88. The molecule has 0 aliphatic carbocycles. The van der Waals surface area contributed by atoms with Crippen molar-refractivity contribution in [3.63, 3.8) is 0 Å². The molecule has 0 fully saturated rings. The second kappa shape index (κ2) is 6.08. The first kappa shape index (κ1) is 14.6. The Hall–Kier alpha value is -0.830. The zero-order chi connectivity index (χ0) is 14.0. The number of rotatable bonds is 2. The highest BCUT2D eigenvalue weighted by atomic mass is 127. The first-order valence-corrected chi connectivity index (χ1v) is 7.75. The molecule has 5 heteroatoms. The number of nitrogens with one attached hydrogen (secondary N) is 1. The van der Waals surface area contributed by atoms with E-state index in [0.717, 1.165) is 18.4 Å². The number of benzene rings is 2. The molecule has 0 aromatic heterocycles. The Morgan fingerprint density at radius 1 is 1.21 bits per heavy atom. The summed E-state index contributed by atoms with van der Waals surface area (Å²) in [5.41, 5.74) is 8.87. The van der Waals surface area contributed by atoms with Crippen molar-refractivity contribution in [3.05, 3.63) is 54.7 Å². The fraction of sp³-hybridized carbons (Fsp3) is 0.0714. The van der Waals surface area contributed by atoms with Crippen molar-refractivity contribution in [1.82, 2.24) is 0 Å². The third-order valence-electron chi connectivity index (χ3n) is 2.61. The molecule has 2 aromatic rings. The van der Waals surface area contributed by atoms with Gasteiger partial charge < -0.3 is 11.1 Å². The van der Waals surface area contributed by atoms with E-state index in [1.165, 1.54) is 0 Å². The Labute approximate surface area is 139 Å². The molecule has 0 saturated heterocycles. The van der Waals surface area contributed by atoms with Gasteiger partial charge in [0.05, 0.1) is 11.3 Å². The van der Waals surface area contributed by atoms with E-state index < -0.39 is 0 Å². The molecule has 0 heterocycles. The van der Waals surface area contributed by atoms with Gasteiger partial charge in [0, 0.05) is 12.8 Å². The molecule has 0 aliphatic rings. The fourth-order valence-corrected chi connectivity index (χ4v) is 3.54. The minimum Gasteiger partial charge on any atom is -0.397 e. The zero-order valence-corrected chi connectivity index (χ0v) is 14.5. The molecular formula is C14H12I2N2O. The maximum atomic E-state index is 12.3. The topological polar surface area (TPSA) is 55.1 Å². The number of amides is 1. The van der Waals surface area contributed by atoms with E-state index in [1.807, 2.05) is 37.3 Å². The number of nitrogens with two attached hydrogens (primary N) is 1. The minimum atomic E-state index is -0.181. The predicted molar refractivity (Wildman–Crippen MR) is 95.4 cm³/mol. The molecule has 2 rings (SSSR count). The lowest BCUT2D eigenvalue weighted by Crippen LogP contribution is -2.15. The molecule has 0 radical (unpaired) electrons. The van der Waals surface area contributed by atoms with E-state index in [9.17, 15) is 4.79 Å². The minimum absolute atomic E-state index is 0.181. The number of anilines is 2. The molecule has 1 amide bonds. The van der Waals surface area contributed by atoms with Crippen LogP contribution in [0.2, 0.25) is 0 Å². The van der Waals surface area contributed by atoms with E-state index in [4.69, 9.17) is 5.73 Å². The number of nitrogen functional groups attached to an aromatic ring is 1. The van der Waals surface area contributed by atoms with E-state index in [1.54, 1.807) is 6.07 Å². The molecule has 0 unspecified atom stereocenters. The van der Waals surface area contributed by atoms with Crippen LogP contribution in [-0.2, 0) is 0 Å². The van der Waals surface area contributed by atoms with Crippen LogP contribution < -0.4 is 11.1 Å². The third-order valence-corrected chi connectivity index (χ3v) is 4.13. The number of halogens is 2. The van der Waals surface area contributed by atoms with Crippen LogP contribution in [0.4, 0.5) is 11.4 Å². The summed E-state index contributed by atoms with van der Waals surface area (Å²) in [7, 11) is 0. The molecule has 2 aromatic carbocycles. The van der Waals surface area contributed by atoms with Crippen molar-refractivity contribution >= 4 is 62.5 Å². The average molecular weight is 478 g/mol. The van der Waals surface area contributed by atoms with Crippen LogP contribution >= 0.6 is 45.2 Å². The summed E-state index contributed by atoms with van der Waals surface area (Å²) in [6, 6.07) is 11.4. The Morgan fingerprint density at radius 3 is 2.63 bits per heavy atom. The van der Waals surface area contributed by atoms with Gasteiger partial charge in [-0.1, -0.05) is 12.1 Å². The van der Waals surface area contributed by atoms with E-state index in [2.05, 4.69) is 50.5 Å². The number of aryl methyl sites for hydroxylation is 1. The summed E-state index contributed by atoms with van der Waals surface area (Å²) in [6.45, 7) is 1.98. The number of hydrogen-bond donors (Lipinski definition) is 2. The second-order valence-corrected chi connectivity index (χ2v) is 6.58. The Balaban J connectivity index is 2.30. The molecule has 0 atom stereocenters. The lowest BCUT2D eigenvalue weighted by Gasteiger charge is -2.10. The maximum absolute atomic E-state index is 12.3. The molecular weight excluding hydrogens is 466 g/mol. The van der Waals surface area contributed by atoms with Gasteiger partial charge >= 0.3 is 0 Å². The molecule has 3 N–H and O–H groups in total. The third kappa shape index (κ3) is 3.59. The summed E-state index contributed by atoms with van der Waals surface area (Å²) in [5, 5.41) is 2.87. The van der Waals surface area contributed by atoms with Crippen molar-refractivity contribution in [2.75, 3.05) is 11.1 Å². The Bertz CT molecular complexity index is 641.